The molecule has 0 aliphatic heterocycles. The molecule has 188 valence electrons. The van der Waals surface area contributed by atoms with Gasteiger partial charge in [-0.15, -0.1) is 0 Å². The number of carboxylic acids is 3. The minimum absolute atomic E-state index is 0.0502. The Kier molecular flexibility index (Phi) is 12.7. The molecule has 4 atom stereocenters. The number of carbonyl (C=O) groups is 6. The molecular formula is C20H34N4O9. The van der Waals surface area contributed by atoms with Crippen LogP contribution >= 0.6 is 0 Å². The largest absolute Gasteiger partial charge is 0.481 e. The smallest absolute Gasteiger partial charge is 0.326 e. The SMILES string of the molecule is CC(C)C[C@H](NC(=O)[C@H](CC(=O)O)NC(=O)[C@H](CC(=O)O)NC(=O)[C@@H](N)CC(C)C)C(=O)O. The monoisotopic (exact) mass is 474 g/mol. The zero-order valence-electron chi connectivity index (χ0n) is 19.2. The van der Waals surface area contributed by atoms with Gasteiger partial charge in [0.2, 0.25) is 17.7 Å². The molecule has 0 aliphatic carbocycles. The van der Waals surface area contributed by atoms with Gasteiger partial charge in [0.05, 0.1) is 18.9 Å². The van der Waals surface area contributed by atoms with Crippen LogP contribution < -0.4 is 21.7 Å². The molecule has 0 radical (unpaired) electrons. The molecule has 0 heterocycles. The molecule has 33 heavy (non-hydrogen) atoms. The first-order valence-electron chi connectivity index (χ1n) is 10.5. The lowest BCUT2D eigenvalue weighted by atomic mass is 10.0. The molecule has 3 amide bonds. The van der Waals surface area contributed by atoms with E-state index < -0.39 is 72.6 Å². The standard InChI is InChI=1S/C20H34N4O9/c1-9(2)5-11(21)17(29)22-12(7-15(25)26)18(30)23-13(8-16(27)28)19(31)24-14(20(32)33)6-10(3)4/h9-14H,5-8,21H2,1-4H3,(H,22,29)(H,23,30)(H,24,31)(H,25,26)(H,27,28)(H,32,33)/t11-,12-,13-,14-/m0/s1. The number of carbonyl (C=O) groups excluding carboxylic acids is 3. The third-order valence-electron chi connectivity index (χ3n) is 4.41. The van der Waals surface area contributed by atoms with E-state index in [1.165, 1.54) is 0 Å². The van der Waals surface area contributed by atoms with Gasteiger partial charge in [0.15, 0.2) is 0 Å². The summed E-state index contributed by atoms with van der Waals surface area (Å²) in [4.78, 5) is 71.1. The number of hydrogen-bond donors (Lipinski definition) is 7. The van der Waals surface area contributed by atoms with Crippen LogP contribution in [0.1, 0.15) is 53.4 Å². The van der Waals surface area contributed by atoms with Crippen molar-refractivity contribution in [1.29, 1.82) is 0 Å². The molecule has 0 bridgehead atoms. The van der Waals surface area contributed by atoms with Gasteiger partial charge in [0.1, 0.15) is 18.1 Å². The molecule has 0 rings (SSSR count). The minimum atomic E-state index is -1.71. The quantitative estimate of drug-likeness (QED) is 0.151. The van der Waals surface area contributed by atoms with Gasteiger partial charge in [-0.1, -0.05) is 27.7 Å². The van der Waals surface area contributed by atoms with Crippen LogP contribution in [0.3, 0.4) is 0 Å². The van der Waals surface area contributed by atoms with Crippen molar-refractivity contribution < 1.29 is 44.1 Å². The van der Waals surface area contributed by atoms with Crippen LogP contribution in [0.25, 0.3) is 0 Å². The van der Waals surface area contributed by atoms with Crippen molar-refractivity contribution in [1.82, 2.24) is 16.0 Å². The second-order valence-electron chi connectivity index (χ2n) is 8.58. The fourth-order valence-electron chi connectivity index (χ4n) is 2.90. The van der Waals surface area contributed by atoms with Crippen molar-refractivity contribution in [2.24, 2.45) is 17.6 Å². The summed E-state index contributed by atoms with van der Waals surface area (Å²) in [5, 5.41) is 33.9. The highest BCUT2D eigenvalue weighted by atomic mass is 16.4. The van der Waals surface area contributed by atoms with Crippen molar-refractivity contribution in [2.45, 2.75) is 77.5 Å². The van der Waals surface area contributed by atoms with Gasteiger partial charge in [0.25, 0.3) is 0 Å². The summed E-state index contributed by atoms with van der Waals surface area (Å²) in [5.74, 6) is -7.28. The van der Waals surface area contributed by atoms with Crippen molar-refractivity contribution in [3.8, 4) is 0 Å². The third kappa shape index (κ3) is 12.4. The summed E-state index contributed by atoms with van der Waals surface area (Å²) in [5.41, 5.74) is 5.75. The van der Waals surface area contributed by atoms with Gasteiger partial charge >= 0.3 is 17.9 Å². The molecule has 13 heteroatoms. The molecule has 13 nitrogen and oxygen atoms in total. The molecule has 0 saturated carbocycles. The molecule has 0 aromatic rings. The number of aliphatic carboxylic acids is 3. The summed E-state index contributed by atoms with van der Waals surface area (Å²) in [6, 6.07) is -5.68. The van der Waals surface area contributed by atoms with Crippen LogP contribution in [0.15, 0.2) is 0 Å². The van der Waals surface area contributed by atoms with Crippen molar-refractivity contribution >= 4 is 35.6 Å². The Balaban J connectivity index is 5.54. The Labute approximate surface area is 191 Å². The second kappa shape index (κ2) is 14.0. The van der Waals surface area contributed by atoms with Crippen molar-refractivity contribution in [2.75, 3.05) is 0 Å². The third-order valence-corrected chi connectivity index (χ3v) is 4.41. The van der Waals surface area contributed by atoms with E-state index in [0.717, 1.165) is 0 Å². The Bertz CT molecular complexity index is 739. The maximum Gasteiger partial charge on any atom is 0.326 e. The molecule has 0 spiro atoms. The first-order valence-corrected chi connectivity index (χ1v) is 10.5. The maximum atomic E-state index is 12.6. The first kappa shape index (κ1) is 29.8. The number of hydrogen-bond acceptors (Lipinski definition) is 7. The van der Waals surface area contributed by atoms with E-state index in [-0.39, 0.29) is 24.7 Å². The highest BCUT2D eigenvalue weighted by Crippen LogP contribution is 2.07. The average Bonchev–Trinajstić information content (AvgIpc) is 2.64. The number of nitrogens with one attached hydrogen (secondary N) is 3. The van der Waals surface area contributed by atoms with Crippen LogP contribution in [-0.4, -0.2) is 75.1 Å². The zero-order chi connectivity index (χ0) is 25.9. The molecule has 0 aromatic carbocycles. The summed E-state index contributed by atoms with van der Waals surface area (Å²) < 4.78 is 0. The van der Waals surface area contributed by atoms with Gasteiger partial charge in [-0.2, -0.15) is 0 Å². The Hall–Kier alpha value is -3.22. The summed E-state index contributed by atoms with van der Waals surface area (Å²) >= 11 is 0. The van der Waals surface area contributed by atoms with Crippen molar-refractivity contribution in [3.63, 3.8) is 0 Å². The van der Waals surface area contributed by atoms with Gasteiger partial charge in [-0.25, -0.2) is 4.79 Å². The van der Waals surface area contributed by atoms with Crippen LogP contribution in [0.2, 0.25) is 0 Å². The maximum absolute atomic E-state index is 12.6. The lowest BCUT2D eigenvalue weighted by molar-refractivity contribution is -0.145. The fraction of sp³-hybridized carbons (Fsp3) is 0.700. The lowest BCUT2D eigenvalue weighted by Gasteiger charge is -2.24. The van der Waals surface area contributed by atoms with Gasteiger partial charge in [0, 0.05) is 0 Å². The predicted molar refractivity (Wildman–Crippen MR) is 115 cm³/mol. The zero-order valence-corrected chi connectivity index (χ0v) is 19.2. The van der Waals surface area contributed by atoms with Crippen molar-refractivity contribution in [3.05, 3.63) is 0 Å². The molecule has 8 N–H and O–H groups in total. The highest BCUT2D eigenvalue weighted by molar-refractivity contribution is 5.96. The van der Waals surface area contributed by atoms with Crippen LogP contribution in [0, 0.1) is 11.8 Å². The fourth-order valence-corrected chi connectivity index (χ4v) is 2.90. The first-order chi connectivity index (χ1) is 15.1. The van der Waals surface area contributed by atoms with E-state index in [1.807, 2.05) is 13.8 Å². The van der Waals surface area contributed by atoms with E-state index in [1.54, 1.807) is 13.8 Å². The van der Waals surface area contributed by atoms with E-state index >= 15 is 0 Å². The van der Waals surface area contributed by atoms with Crippen LogP contribution in [0.5, 0.6) is 0 Å². The average molecular weight is 475 g/mol. The summed E-state index contributed by atoms with van der Waals surface area (Å²) in [6.07, 6.45) is -1.42. The number of amides is 3. The predicted octanol–water partition coefficient (Wildman–Crippen LogP) is -1.11. The molecule has 0 saturated heterocycles. The second-order valence-corrected chi connectivity index (χ2v) is 8.58. The van der Waals surface area contributed by atoms with E-state index in [0.29, 0.717) is 0 Å². The lowest BCUT2D eigenvalue weighted by Crippen LogP contribution is -2.58. The van der Waals surface area contributed by atoms with Gasteiger partial charge in [-0.3, -0.25) is 24.0 Å². The topological polar surface area (TPSA) is 225 Å². The summed E-state index contributed by atoms with van der Waals surface area (Å²) in [7, 11) is 0. The van der Waals surface area contributed by atoms with Gasteiger partial charge in [-0.05, 0) is 24.7 Å². The number of rotatable bonds is 15. The number of carboxylic acid groups (broad SMARTS) is 3. The Morgan fingerprint density at radius 3 is 1.33 bits per heavy atom. The highest BCUT2D eigenvalue weighted by Gasteiger charge is 2.32. The van der Waals surface area contributed by atoms with Crippen LogP contribution in [0.4, 0.5) is 0 Å². The molecular weight excluding hydrogens is 440 g/mol. The Morgan fingerprint density at radius 1 is 0.636 bits per heavy atom. The normalized spacial score (nSPS) is 14.6. The number of nitrogens with two attached hydrogens (primary N) is 1. The van der Waals surface area contributed by atoms with E-state index in [9.17, 15) is 33.9 Å². The molecule has 0 unspecified atom stereocenters. The Morgan fingerprint density at radius 2 is 1.00 bits per heavy atom. The minimum Gasteiger partial charge on any atom is -0.481 e. The molecule has 0 aliphatic rings. The molecule has 0 fully saturated rings. The van der Waals surface area contributed by atoms with E-state index in [4.69, 9.17) is 15.9 Å². The van der Waals surface area contributed by atoms with Gasteiger partial charge < -0.3 is 37.0 Å². The molecule has 0 aromatic heterocycles. The van der Waals surface area contributed by atoms with E-state index in [2.05, 4.69) is 16.0 Å². The summed E-state index contributed by atoms with van der Waals surface area (Å²) in [6.45, 7) is 7.07. The van der Waals surface area contributed by atoms with Crippen LogP contribution in [-0.2, 0) is 28.8 Å².